The molecule has 7 rings (SSSR count). The lowest BCUT2D eigenvalue weighted by Crippen LogP contribution is -2.25. The lowest BCUT2D eigenvalue weighted by molar-refractivity contribution is 0.0696. The highest BCUT2D eigenvalue weighted by molar-refractivity contribution is 6.08. The summed E-state index contributed by atoms with van der Waals surface area (Å²) in [5.74, 6) is -3.24. The smallest absolute Gasteiger partial charge is 0.335 e. The maximum absolute atomic E-state index is 14.2. The summed E-state index contributed by atoms with van der Waals surface area (Å²) in [6.07, 6.45) is 3.83. The Balaban J connectivity index is 1.32. The van der Waals surface area contributed by atoms with Crippen molar-refractivity contribution in [2.75, 3.05) is 0 Å². The number of benzene rings is 5. The van der Waals surface area contributed by atoms with Crippen molar-refractivity contribution in [2.45, 2.75) is 24.9 Å². The van der Waals surface area contributed by atoms with E-state index in [1.807, 2.05) is 30.5 Å². The molecule has 7 heteroatoms. The molecule has 5 aromatic carbocycles. The fourth-order valence-corrected chi connectivity index (χ4v) is 5.96. The average Bonchev–Trinajstić information content (AvgIpc) is 3.72. The average molecular weight is 573 g/mol. The van der Waals surface area contributed by atoms with Crippen LogP contribution in [0.15, 0.2) is 109 Å². The van der Waals surface area contributed by atoms with Gasteiger partial charge in [0.1, 0.15) is 0 Å². The van der Waals surface area contributed by atoms with Crippen molar-refractivity contribution >= 4 is 33.6 Å². The SMILES string of the molecule is O=C(O)c1ccc(CNC(=O)c2cc(-c3ccc(F)c(F)c3)cc3ccn(C4(c5ccc6ccccc6c5)CC4)c23)cc1. The van der Waals surface area contributed by atoms with Crippen LogP contribution in [0, 0.1) is 11.6 Å². The number of rotatable bonds is 7. The Morgan fingerprint density at radius 2 is 1.53 bits per heavy atom. The molecule has 0 unspecified atom stereocenters. The van der Waals surface area contributed by atoms with E-state index < -0.39 is 17.6 Å². The van der Waals surface area contributed by atoms with Crippen molar-refractivity contribution in [3.63, 3.8) is 0 Å². The van der Waals surface area contributed by atoms with Gasteiger partial charge in [0, 0.05) is 18.1 Å². The van der Waals surface area contributed by atoms with E-state index >= 15 is 0 Å². The number of fused-ring (bicyclic) bond motifs is 2. The van der Waals surface area contributed by atoms with Crippen LogP contribution in [-0.4, -0.2) is 21.6 Å². The van der Waals surface area contributed by atoms with E-state index in [0.29, 0.717) is 16.7 Å². The third-order valence-corrected chi connectivity index (χ3v) is 8.41. The van der Waals surface area contributed by atoms with Crippen LogP contribution in [0.2, 0.25) is 0 Å². The lowest BCUT2D eigenvalue weighted by atomic mass is 9.97. The topological polar surface area (TPSA) is 71.3 Å². The molecule has 0 aliphatic heterocycles. The van der Waals surface area contributed by atoms with E-state index in [9.17, 15) is 23.5 Å². The van der Waals surface area contributed by atoms with Gasteiger partial charge in [0.2, 0.25) is 0 Å². The summed E-state index contributed by atoms with van der Waals surface area (Å²) in [5.41, 5.74) is 3.99. The fourth-order valence-electron chi connectivity index (χ4n) is 5.96. The number of halogens is 2. The number of carboxylic acids is 1. The summed E-state index contributed by atoms with van der Waals surface area (Å²) >= 11 is 0. The lowest BCUT2D eigenvalue weighted by Gasteiger charge is -2.22. The normalized spacial score (nSPS) is 13.7. The first-order valence-electron chi connectivity index (χ1n) is 14.0. The van der Waals surface area contributed by atoms with Crippen LogP contribution >= 0.6 is 0 Å². The molecule has 1 aromatic heterocycles. The second-order valence-electron chi connectivity index (χ2n) is 11.1. The number of amides is 1. The summed E-state index contributed by atoms with van der Waals surface area (Å²) in [5, 5.41) is 15.3. The Kier molecular flexibility index (Phi) is 6.31. The molecular formula is C36H26F2N2O3. The van der Waals surface area contributed by atoms with Gasteiger partial charge in [-0.2, -0.15) is 0 Å². The maximum atomic E-state index is 14.2. The predicted octanol–water partition coefficient (Wildman–Crippen LogP) is 7.91. The molecule has 0 saturated heterocycles. The maximum Gasteiger partial charge on any atom is 0.335 e. The molecule has 6 aromatic rings. The number of hydrogen-bond acceptors (Lipinski definition) is 2. The highest BCUT2D eigenvalue weighted by Gasteiger charge is 2.47. The zero-order valence-electron chi connectivity index (χ0n) is 23.0. The van der Waals surface area contributed by atoms with Crippen molar-refractivity contribution in [3.8, 4) is 11.1 Å². The third-order valence-electron chi connectivity index (χ3n) is 8.41. The second kappa shape index (κ2) is 10.2. The van der Waals surface area contributed by atoms with Crippen molar-refractivity contribution in [1.29, 1.82) is 0 Å². The van der Waals surface area contributed by atoms with Gasteiger partial charge < -0.3 is 15.0 Å². The first kappa shape index (κ1) is 26.6. The summed E-state index contributed by atoms with van der Waals surface area (Å²) in [6, 6.07) is 30.3. The third kappa shape index (κ3) is 4.73. The zero-order chi connectivity index (χ0) is 29.7. The van der Waals surface area contributed by atoms with Crippen molar-refractivity contribution in [1.82, 2.24) is 9.88 Å². The van der Waals surface area contributed by atoms with Crippen molar-refractivity contribution < 1.29 is 23.5 Å². The highest BCUT2D eigenvalue weighted by Crippen LogP contribution is 2.52. The number of aromatic carboxylic acids is 1. The summed E-state index contributed by atoms with van der Waals surface area (Å²) in [7, 11) is 0. The Hall–Kier alpha value is -5.30. The van der Waals surface area contributed by atoms with E-state index in [1.165, 1.54) is 23.8 Å². The minimum atomic E-state index is -1.02. The summed E-state index contributed by atoms with van der Waals surface area (Å²) in [6.45, 7) is 0.187. The van der Waals surface area contributed by atoms with Gasteiger partial charge in [0.25, 0.3) is 5.91 Å². The number of nitrogens with zero attached hydrogens (tertiary/aromatic N) is 1. The van der Waals surface area contributed by atoms with E-state index in [1.54, 1.807) is 18.2 Å². The predicted molar refractivity (Wildman–Crippen MR) is 162 cm³/mol. The van der Waals surface area contributed by atoms with Crippen LogP contribution in [0.5, 0.6) is 0 Å². The number of hydrogen-bond donors (Lipinski definition) is 2. The van der Waals surface area contributed by atoms with E-state index in [0.717, 1.165) is 52.2 Å². The first-order chi connectivity index (χ1) is 20.8. The van der Waals surface area contributed by atoms with Crippen LogP contribution in [0.1, 0.15) is 44.7 Å². The zero-order valence-corrected chi connectivity index (χ0v) is 23.0. The van der Waals surface area contributed by atoms with Crippen LogP contribution in [0.3, 0.4) is 0 Å². The summed E-state index contributed by atoms with van der Waals surface area (Å²) < 4.78 is 30.1. The molecule has 212 valence electrons. The van der Waals surface area contributed by atoms with Gasteiger partial charge in [-0.1, -0.05) is 54.6 Å². The Labute approximate surface area is 246 Å². The second-order valence-corrected chi connectivity index (χ2v) is 11.1. The van der Waals surface area contributed by atoms with E-state index in [-0.39, 0.29) is 23.6 Å². The monoisotopic (exact) mass is 572 g/mol. The molecule has 1 aliphatic carbocycles. The molecule has 43 heavy (non-hydrogen) atoms. The van der Waals surface area contributed by atoms with Crippen molar-refractivity contribution in [2.24, 2.45) is 0 Å². The molecule has 0 bridgehead atoms. The molecule has 1 heterocycles. The van der Waals surface area contributed by atoms with Gasteiger partial charge in [-0.25, -0.2) is 13.6 Å². The molecule has 1 fully saturated rings. The molecule has 1 amide bonds. The van der Waals surface area contributed by atoms with Crippen molar-refractivity contribution in [3.05, 3.63) is 143 Å². The van der Waals surface area contributed by atoms with Gasteiger partial charge >= 0.3 is 5.97 Å². The van der Waals surface area contributed by atoms with Gasteiger partial charge in [-0.05, 0) is 94.4 Å². The molecular weight excluding hydrogens is 546 g/mol. The number of nitrogens with one attached hydrogen (secondary N) is 1. The molecule has 2 N–H and O–H groups in total. The van der Waals surface area contributed by atoms with Crippen LogP contribution in [0.25, 0.3) is 32.8 Å². The number of carboxylic acid groups (broad SMARTS) is 1. The number of aromatic nitrogens is 1. The van der Waals surface area contributed by atoms with Gasteiger partial charge in [-0.15, -0.1) is 0 Å². The Bertz CT molecular complexity index is 2060. The molecule has 5 nitrogen and oxygen atoms in total. The largest absolute Gasteiger partial charge is 0.478 e. The van der Waals surface area contributed by atoms with E-state index in [4.69, 9.17) is 0 Å². The fraction of sp³-hybridized carbons (Fsp3) is 0.111. The van der Waals surface area contributed by atoms with Gasteiger partial charge in [0.05, 0.1) is 22.2 Å². The molecule has 1 saturated carbocycles. The van der Waals surface area contributed by atoms with Crippen LogP contribution in [-0.2, 0) is 12.1 Å². The highest BCUT2D eigenvalue weighted by atomic mass is 19.2. The van der Waals surface area contributed by atoms with E-state index in [2.05, 4.69) is 40.2 Å². The van der Waals surface area contributed by atoms with Crippen LogP contribution in [0.4, 0.5) is 8.78 Å². The molecule has 0 radical (unpaired) electrons. The molecule has 0 spiro atoms. The van der Waals surface area contributed by atoms with Gasteiger partial charge in [0.15, 0.2) is 11.6 Å². The first-order valence-corrected chi connectivity index (χ1v) is 14.0. The molecule has 1 aliphatic rings. The summed E-state index contributed by atoms with van der Waals surface area (Å²) in [4.78, 5) is 25.1. The number of carbonyl (C=O) groups excluding carboxylic acids is 1. The minimum Gasteiger partial charge on any atom is -0.478 e. The van der Waals surface area contributed by atoms with Gasteiger partial charge in [-0.3, -0.25) is 4.79 Å². The Morgan fingerprint density at radius 3 is 2.26 bits per heavy atom. The number of carbonyl (C=O) groups is 2. The standard InChI is InChI=1S/C36H26F2N2O3/c37-31-12-10-26(20-32(31)38)28-17-27-13-16-40(36(14-15-36)29-11-9-23-3-1-2-4-25(23)18-29)33(27)30(19-28)34(41)39-21-22-5-7-24(8-6-22)35(42)43/h1-13,16-20H,14-15,21H2,(H,39,41)(H,42,43). The Morgan fingerprint density at radius 1 is 0.767 bits per heavy atom. The quantitative estimate of drug-likeness (QED) is 0.204. The minimum absolute atomic E-state index is 0.164. The molecule has 0 atom stereocenters. The van der Waals surface area contributed by atoms with Crippen LogP contribution < -0.4 is 5.32 Å².